The third kappa shape index (κ3) is 1.73. The normalized spacial score (nSPS) is 11.0. The van der Waals surface area contributed by atoms with Gasteiger partial charge in [-0.25, -0.2) is 4.39 Å². The second-order valence-corrected chi connectivity index (χ2v) is 4.75. The van der Waals surface area contributed by atoms with E-state index in [1.54, 1.807) is 13.1 Å². The van der Waals surface area contributed by atoms with Crippen LogP contribution in [0.2, 0.25) is 10.0 Å². The van der Waals surface area contributed by atoms with E-state index in [9.17, 15) is 4.39 Å². The standard InChI is InChI=1S/C10H5BrCl2FN/c1-4-7(14)2-6(12)10-8(4)9(13)5(11)3-15-10/h2-3H,1H3. The van der Waals surface area contributed by atoms with Gasteiger partial charge in [0.25, 0.3) is 0 Å². The van der Waals surface area contributed by atoms with Gasteiger partial charge in [-0.1, -0.05) is 23.2 Å². The summed E-state index contributed by atoms with van der Waals surface area (Å²) < 4.78 is 14.1. The topological polar surface area (TPSA) is 12.9 Å². The summed E-state index contributed by atoms with van der Waals surface area (Å²) in [6.45, 7) is 1.65. The average Bonchev–Trinajstić information content (AvgIpc) is 2.19. The molecule has 0 radical (unpaired) electrons. The number of aryl methyl sites for hydroxylation is 1. The Balaban J connectivity index is 3.04. The van der Waals surface area contributed by atoms with Gasteiger partial charge in [-0.3, -0.25) is 4.98 Å². The van der Waals surface area contributed by atoms with Crippen molar-refractivity contribution in [3.63, 3.8) is 0 Å². The van der Waals surface area contributed by atoms with Crippen molar-refractivity contribution in [2.75, 3.05) is 0 Å². The van der Waals surface area contributed by atoms with E-state index < -0.39 is 0 Å². The van der Waals surface area contributed by atoms with Crippen molar-refractivity contribution < 1.29 is 4.39 Å². The summed E-state index contributed by atoms with van der Waals surface area (Å²) in [7, 11) is 0. The number of nitrogens with zero attached hydrogens (tertiary/aromatic N) is 1. The van der Waals surface area contributed by atoms with Gasteiger partial charge in [0.05, 0.1) is 20.0 Å². The highest BCUT2D eigenvalue weighted by molar-refractivity contribution is 9.10. The Morgan fingerprint density at radius 3 is 2.73 bits per heavy atom. The molecule has 0 aliphatic carbocycles. The number of hydrogen-bond acceptors (Lipinski definition) is 1. The van der Waals surface area contributed by atoms with E-state index in [-0.39, 0.29) is 10.8 Å². The number of aromatic nitrogens is 1. The average molecular weight is 309 g/mol. The van der Waals surface area contributed by atoms with E-state index in [1.165, 1.54) is 6.07 Å². The van der Waals surface area contributed by atoms with Crippen LogP contribution >= 0.6 is 39.1 Å². The molecule has 2 aromatic rings. The minimum atomic E-state index is -0.380. The van der Waals surface area contributed by atoms with Gasteiger partial charge in [-0.05, 0) is 34.5 Å². The lowest BCUT2D eigenvalue weighted by molar-refractivity contribution is 0.621. The van der Waals surface area contributed by atoms with Crippen molar-refractivity contribution in [3.8, 4) is 0 Å². The maximum Gasteiger partial charge on any atom is 0.128 e. The molecule has 15 heavy (non-hydrogen) atoms. The molecule has 0 atom stereocenters. The van der Waals surface area contributed by atoms with Crippen molar-refractivity contribution in [1.29, 1.82) is 0 Å². The lowest BCUT2D eigenvalue weighted by Gasteiger charge is -2.07. The lowest BCUT2D eigenvalue weighted by atomic mass is 10.1. The predicted molar refractivity (Wildman–Crippen MR) is 64.2 cm³/mol. The van der Waals surface area contributed by atoms with Gasteiger partial charge >= 0.3 is 0 Å². The first-order valence-electron chi connectivity index (χ1n) is 4.10. The molecule has 0 bridgehead atoms. The molecule has 1 aromatic carbocycles. The fourth-order valence-electron chi connectivity index (χ4n) is 1.40. The first kappa shape index (κ1) is 11.1. The minimum Gasteiger partial charge on any atom is -0.253 e. The molecular formula is C10H5BrCl2FN. The summed E-state index contributed by atoms with van der Waals surface area (Å²) in [5.74, 6) is -0.380. The molecular weight excluding hydrogens is 304 g/mol. The number of fused-ring (bicyclic) bond motifs is 1. The Morgan fingerprint density at radius 2 is 2.07 bits per heavy atom. The minimum absolute atomic E-state index is 0.266. The molecule has 0 saturated heterocycles. The highest BCUT2D eigenvalue weighted by Crippen LogP contribution is 2.35. The second-order valence-electron chi connectivity index (χ2n) is 3.11. The van der Waals surface area contributed by atoms with Crippen molar-refractivity contribution in [3.05, 3.63) is 38.2 Å². The number of benzene rings is 1. The van der Waals surface area contributed by atoms with Crippen LogP contribution in [0.3, 0.4) is 0 Å². The van der Waals surface area contributed by atoms with Crippen LogP contribution in [0.15, 0.2) is 16.7 Å². The van der Waals surface area contributed by atoms with Crippen molar-refractivity contribution in [2.45, 2.75) is 6.92 Å². The van der Waals surface area contributed by atoms with E-state index in [0.29, 0.717) is 26.0 Å². The predicted octanol–water partition coefficient (Wildman–Crippen LogP) is 4.75. The Kier molecular flexibility index (Phi) is 2.88. The van der Waals surface area contributed by atoms with E-state index >= 15 is 0 Å². The first-order chi connectivity index (χ1) is 7.02. The quantitative estimate of drug-likeness (QED) is 0.684. The van der Waals surface area contributed by atoms with E-state index in [4.69, 9.17) is 23.2 Å². The molecule has 0 saturated carbocycles. The fraction of sp³-hybridized carbons (Fsp3) is 0.100. The van der Waals surface area contributed by atoms with Gasteiger partial charge in [0.2, 0.25) is 0 Å². The monoisotopic (exact) mass is 307 g/mol. The molecule has 78 valence electrons. The van der Waals surface area contributed by atoms with Crippen LogP contribution in [-0.4, -0.2) is 4.98 Å². The zero-order chi connectivity index (χ0) is 11.2. The number of pyridine rings is 1. The maximum atomic E-state index is 13.4. The second kappa shape index (κ2) is 3.89. The summed E-state index contributed by atoms with van der Waals surface area (Å²) in [4.78, 5) is 4.11. The van der Waals surface area contributed by atoms with Crippen molar-refractivity contribution in [2.24, 2.45) is 0 Å². The molecule has 0 unspecified atom stereocenters. The van der Waals surface area contributed by atoms with Crippen LogP contribution in [0.4, 0.5) is 4.39 Å². The molecule has 1 heterocycles. The zero-order valence-corrected chi connectivity index (χ0v) is 10.7. The van der Waals surface area contributed by atoms with Gasteiger partial charge in [0.15, 0.2) is 0 Å². The molecule has 1 aromatic heterocycles. The van der Waals surface area contributed by atoms with Crippen LogP contribution in [0, 0.1) is 12.7 Å². The van der Waals surface area contributed by atoms with E-state index in [1.807, 2.05) is 0 Å². The number of rotatable bonds is 0. The molecule has 1 nitrogen and oxygen atoms in total. The van der Waals surface area contributed by atoms with Crippen LogP contribution in [0.1, 0.15) is 5.56 Å². The molecule has 0 N–H and O–H groups in total. The maximum absolute atomic E-state index is 13.4. The highest BCUT2D eigenvalue weighted by Gasteiger charge is 2.13. The fourth-order valence-corrected chi connectivity index (χ4v) is 2.22. The van der Waals surface area contributed by atoms with Gasteiger partial charge in [-0.15, -0.1) is 0 Å². The summed E-state index contributed by atoms with van der Waals surface area (Å²) in [6.07, 6.45) is 1.55. The van der Waals surface area contributed by atoms with Crippen LogP contribution in [-0.2, 0) is 0 Å². The van der Waals surface area contributed by atoms with Gasteiger partial charge in [0, 0.05) is 11.6 Å². The highest BCUT2D eigenvalue weighted by atomic mass is 79.9. The molecule has 0 fully saturated rings. The summed E-state index contributed by atoms with van der Waals surface area (Å²) in [5, 5.41) is 1.25. The lowest BCUT2D eigenvalue weighted by Crippen LogP contribution is -1.90. The Bertz CT molecular complexity index is 549. The number of hydrogen-bond donors (Lipinski definition) is 0. The SMILES string of the molecule is Cc1c(F)cc(Cl)c2ncc(Br)c(Cl)c12. The third-order valence-electron chi connectivity index (χ3n) is 2.19. The van der Waals surface area contributed by atoms with Crippen molar-refractivity contribution >= 4 is 50.0 Å². The first-order valence-corrected chi connectivity index (χ1v) is 5.65. The zero-order valence-electron chi connectivity index (χ0n) is 7.61. The summed E-state index contributed by atoms with van der Waals surface area (Å²) in [6, 6.07) is 1.25. The van der Waals surface area contributed by atoms with E-state index in [2.05, 4.69) is 20.9 Å². The van der Waals surface area contributed by atoms with E-state index in [0.717, 1.165) is 0 Å². The Morgan fingerprint density at radius 1 is 1.40 bits per heavy atom. The van der Waals surface area contributed by atoms with Gasteiger partial charge in [0.1, 0.15) is 5.82 Å². The summed E-state index contributed by atoms with van der Waals surface area (Å²) in [5.41, 5.74) is 0.969. The molecule has 2 rings (SSSR count). The van der Waals surface area contributed by atoms with Crippen LogP contribution in [0.25, 0.3) is 10.9 Å². The van der Waals surface area contributed by atoms with Crippen LogP contribution < -0.4 is 0 Å². The van der Waals surface area contributed by atoms with Gasteiger partial charge < -0.3 is 0 Å². The summed E-state index contributed by atoms with van der Waals surface area (Å²) >= 11 is 15.2. The molecule has 0 aliphatic heterocycles. The third-order valence-corrected chi connectivity index (χ3v) is 3.70. The van der Waals surface area contributed by atoms with Crippen molar-refractivity contribution in [1.82, 2.24) is 4.98 Å². The molecule has 0 aliphatic rings. The van der Waals surface area contributed by atoms with Gasteiger partial charge in [-0.2, -0.15) is 0 Å². The molecule has 5 heteroatoms. The van der Waals surface area contributed by atoms with Crippen LogP contribution in [0.5, 0.6) is 0 Å². The Labute approximate surface area is 104 Å². The number of halogens is 4. The largest absolute Gasteiger partial charge is 0.253 e. The smallest absolute Gasteiger partial charge is 0.128 e. The molecule has 0 amide bonds. The molecule has 0 spiro atoms. The Hall–Kier alpha value is -0.380.